The van der Waals surface area contributed by atoms with Crippen molar-refractivity contribution < 1.29 is 13.2 Å². The number of anilines is 2. The molecule has 0 aliphatic heterocycles. The van der Waals surface area contributed by atoms with Crippen LogP contribution in [0.1, 0.15) is 11.3 Å². The van der Waals surface area contributed by atoms with Gasteiger partial charge >= 0.3 is 6.18 Å². The number of nitrogen functional groups attached to an aromatic ring is 1. The van der Waals surface area contributed by atoms with Crippen LogP contribution >= 0.6 is 0 Å². The third kappa shape index (κ3) is 3.40. The first-order chi connectivity index (χ1) is 8.97. The molecule has 0 fully saturated rings. The summed E-state index contributed by atoms with van der Waals surface area (Å²) in [4.78, 5) is 6.72. The molecule has 0 aliphatic carbocycles. The fraction of sp³-hybridized carbons (Fsp3) is 0.250. The van der Waals surface area contributed by atoms with Gasteiger partial charge in [-0.25, -0.2) is 4.98 Å². The highest BCUT2D eigenvalue weighted by atomic mass is 19.4. The fourth-order valence-electron chi connectivity index (χ4n) is 1.70. The van der Waals surface area contributed by atoms with Crippen LogP contribution in [0.2, 0.25) is 0 Å². The number of nitrogens with zero attached hydrogens (tertiary/aromatic N) is 1. The van der Waals surface area contributed by atoms with Crippen molar-refractivity contribution in [1.29, 1.82) is 0 Å². The Morgan fingerprint density at radius 1 is 1.32 bits per heavy atom. The predicted octanol–water partition coefficient (Wildman–Crippen LogP) is 2.67. The van der Waals surface area contributed by atoms with E-state index in [9.17, 15) is 13.2 Å². The number of halogens is 3. The molecule has 1 aromatic heterocycles. The van der Waals surface area contributed by atoms with E-state index in [1.807, 2.05) is 0 Å². The van der Waals surface area contributed by atoms with E-state index in [1.54, 1.807) is 6.20 Å². The molecule has 7 heteroatoms. The Kier molecular flexibility index (Phi) is 3.64. The van der Waals surface area contributed by atoms with E-state index >= 15 is 0 Å². The predicted molar refractivity (Wildman–Crippen MR) is 66.6 cm³/mol. The van der Waals surface area contributed by atoms with Crippen molar-refractivity contribution in [3.05, 3.63) is 42.0 Å². The summed E-state index contributed by atoms with van der Waals surface area (Å²) in [6.45, 7) is 0.370. The van der Waals surface area contributed by atoms with Crippen LogP contribution in [-0.2, 0) is 12.6 Å². The van der Waals surface area contributed by atoms with Gasteiger partial charge in [-0.3, -0.25) is 0 Å². The molecule has 0 unspecified atom stereocenters. The average molecular weight is 270 g/mol. The lowest BCUT2D eigenvalue weighted by molar-refractivity contribution is -0.136. The van der Waals surface area contributed by atoms with Crippen molar-refractivity contribution >= 4 is 11.4 Å². The molecule has 1 aromatic carbocycles. The van der Waals surface area contributed by atoms with Crippen molar-refractivity contribution in [2.45, 2.75) is 12.6 Å². The standard InChI is InChI=1S/C12H13F3N4/c13-12(14,15)10-5-8(16)1-2-11(10)18-4-3-9-6-17-7-19-9/h1-2,5-7,18H,3-4,16H2,(H,17,19). The minimum Gasteiger partial charge on any atom is -0.399 e. The molecule has 102 valence electrons. The zero-order valence-corrected chi connectivity index (χ0v) is 9.96. The van der Waals surface area contributed by atoms with Crippen LogP contribution in [0.15, 0.2) is 30.7 Å². The van der Waals surface area contributed by atoms with Gasteiger partial charge in [0.25, 0.3) is 0 Å². The van der Waals surface area contributed by atoms with Crippen LogP contribution in [0.5, 0.6) is 0 Å². The normalized spacial score (nSPS) is 11.5. The molecule has 0 saturated carbocycles. The molecule has 4 nitrogen and oxygen atoms in total. The molecule has 0 atom stereocenters. The number of imidazole rings is 1. The average Bonchev–Trinajstić information content (AvgIpc) is 2.83. The van der Waals surface area contributed by atoms with Crippen LogP contribution in [-0.4, -0.2) is 16.5 Å². The van der Waals surface area contributed by atoms with E-state index < -0.39 is 11.7 Å². The number of aromatic nitrogens is 2. The van der Waals surface area contributed by atoms with Gasteiger partial charge in [-0.1, -0.05) is 0 Å². The lowest BCUT2D eigenvalue weighted by Gasteiger charge is -2.15. The Hall–Kier alpha value is -2.18. The maximum atomic E-state index is 12.8. The largest absolute Gasteiger partial charge is 0.418 e. The summed E-state index contributed by atoms with van der Waals surface area (Å²) in [5.74, 6) is 0. The Morgan fingerprint density at radius 2 is 2.11 bits per heavy atom. The van der Waals surface area contributed by atoms with E-state index in [-0.39, 0.29) is 11.4 Å². The third-order valence-corrected chi connectivity index (χ3v) is 2.61. The Labute approximate surface area is 107 Å². The summed E-state index contributed by atoms with van der Waals surface area (Å²) in [6, 6.07) is 3.71. The minimum atomic E-state index is -4.42. The Morgan fingerprint density at radius 3 is 2.74 bits per heavy atom. The van der Waals surface area contributed by atoms with Gasteiger partial charge in [-0.15, -0.1) is 0 Å². The highest BCUT2D eigenvalue weighted by Crippen LogP contribution is 2.35. The van der Waals surface area contributed by atoms with E-state index in [0.29, 0.717) is 13.0 Å². The third-order valence-electron chi connectivity index (χ3n) is 2.61. The number of nitrogens with one attached hydrogen (secondary N) is 2. The van der Waals surface area contributed by atoms with E-state index in [4.69, 9.17) is 5.73 Å². The van der Waals surface area contributed by atoms with Gasteiger partial charge in [-0.05, 0) is 18.2 Å². The minimum absolute atomic E-state index is 0.0289. The first-order valence-electron chi connectivity index (χ1n) is 5.64. The maximum absolute atomic E-state index is 12.8. The van der Waals surface area contributed by atoms with Crippen LogP contribution < -0.4 is 11.1 Å². The summed E-state index contributed by atoms with van der Waals surface area (Å²) in [5.41, 5.74) is 5.61. The van der Waals surface area contributed by atoms with Gasteiger partial charge in [0.05, 0.1) is 11.9 Å². The number of alkyl halides is 3. The quantitative estimate of drug-likeness (QED) is 0.748. The second kappa shape index (κ2) is 5.21. The molecular weight excluding hydrogens is 257 g/mol. The van der Waals surface area contributed by atoms with Crippen molar-refractivity contribution in [2.24, 2.45) is 0 Å². The summed E-state index contributed by atoms with van der Waals surface area (Å²) in [7, 11) is 0. The summed E-state index contributed by atoms with van der Waals surface area (Å²) < 4.78 is 38.5. The number of hydrogen-bond acceptors (Lipinski definition) is 3. The molecule has 0 bridgehead atoms. The fourth-order valence-corrected chi connectivity index (χ4v) is 1.70. The number of benzene rings is 1. The van der Waals surface area contributed by atoms with Crippen molar-refractivity contribution in [3.8, 4) is 0 Å². The number of aromatic amines is 1. The molecule has 1 heterocycles. The smallest absolute Gasteiger partial charge is 0.399 e. The van der Waals surface area contributed by atoms with Gasteiger partial charge in [0, 0.05) is 36.2 Å². The monoisotopic (exact) mass is 270 g/mol. The zero-order valence-electron chi connectivity index (χ0n) is 9.96. The molecule has 2 rings (SSSR count). The van der Waals surface area contributed by atoms with Crippen LogP contribution in [0.4, 0.5) is 24.5 Å². The van der Waals surface area contributed by atoms with E-state index in [0.717, 1.165) is 11.8 Å². The lowest BCUT2D eigenvalue weighted by atomic mass is 10.1. The number of rotatable bonds is 4. The van der Waals surface area contributed by atoms with E-state index in [1.165, 1.54) is 18.5 Å². The summed E-state index contributed by atoms with van der Waals surface area (Å²) in [6.07, 6.45) is -0.706. The van der Waals surface area contributed by atoms with Gasteiger partial charge in [0.1, 0.15) is 0 Å². The van der Waals surface area contributed by atoms with Crippen LogP contribution in [0.3, 0.4) is 0 Å². The van der Waals surface area contributed by atoms with E-state index in [2.05, 4.69) is 15.3 Å². The number of nitrogens with two attached hydrogens (primary N) is 1. The molecule has 19 heavy (non-hydrogen) atoms. The first kappa shape index (κ1) is 13.3. The molecule has 0 aliphatic rings. The molecule has 2 aromatic rings. The van der Waals surface area contributed by atoms with Crippen molar-refractivity contribution in [1.82, 2.24) is 9.97 Å². The van der Waals surface area contributed by atoms with Gasteiger partial charge < -0.3 is 16.0 Å². The van der Waals surface area contributed by atoms with Crippen LogP contribution in [0.25, 0.3) is 0 Å². The molecule has 0 radical (unpaired) electrons. The van der Waals surface area contributed by atoms with Crippen molar-refractivity contribution in [3.63, 3.8) is 0 Å². The maximum Gasteiger partial charge on any atom is 0.418 e. The van der Waals surface area contributed by atoms with Gasteiger partial charge in [0.2, 0.25) is 0 Å². The number of hydrogen-bond donors (Lipinski definition) is 3. The van der Waals surface area contributed by atoms with Gasteiger partial charge in [0.15, 0.2) is 0 Å². The summed E-state index contributed by atoms with van der Waals surface area (Å²) in [5, 5.41) is 2.76. The molecule has 0 saturated heterocycles. The summed E-state index contributed by atoms with van der Waals surface area (Å²) >= 11 is 0. The first-order valence-corrected chi connectivity index (χ1v) is 5.64. The van der Waals surface area contributed by atoms with Crippen molar-refractivity contribution in [2.75, 3.05) is 17.6 Å². The molecule has 0 spiro atoms. The Bertz CT molecular complexity index is 534. The Balaban J connectivity index is 2.07. The molecule has 0 amide bonds. The highest BCUT2D eigenvalue weighted by Gasteiger charge is 2.33. The topological polar surface area (TPSA) is 66.7 Å². The van der Waals surface area contributed by atoms with Gasteiger partial charge in [-0.2, -0.15) is 13.2 Å². The second-order valence-electron chi connectivity index (χ2n) is 4.06. The van der Waals surface area contributed by atoms with Crippen LogP contribution in [0, 0.1) is 0 Å². The lowest BCUT2D eigenvalue weighted by Crippen LogP contribution is -2.13. The second-order valence-corrected chi connectivity index (χ2v) is 4.06. The molecular formula is C12H13F3N4. The number of H-pyrrole nitrogens is 1. The zero-order chi connectivity index (χ0) is 13.9. The SMILES string of the molecule is Nc1ccc(NCCc2cnc[nH]2)c(C(F)(F)F)c1. The molecule has 4 N–H and O–H groups in total. The highest BCUT2D eigenvalue weighted by molar-refractivity contribution is 5.59.